The number of anilines is 2. The number of fused-ring (bicyclic) bond motifs is 1. The number of para-hydroxylation sites is 1. The van der Waals surface area contributed by atoms with Crippen molar-refractivity contribution in [2.24, 2.45) is 5.92 Å². The highest BCUT2D eigenvalue weighted by Crippen LogP contribution is 2.38. The Morgan fingerprint density at radius 2 is 1.77 bits per heavy atom. The number of nitrogens with one attached hydrogen (secondary N) is 1. The zero-order valence-corrected chi connectivity index (χ0v) is 18.5. The third kappa shape index (κ3) is 4.23. The molecular weight excluding hydrogens is 470 g/mol. The summed E-state index contributed by atoms with van der Waals surface area (Å²) in [6, 6.07) is 14.9. The zero-order chi connectivity index (χ0) is 21.3. The SMILES string of the molecule is O=C(CN1C(=O)N(c2ccc(Cl)cc2)C(=O)C2CC(Br)CCC21)Nc1ccccc1. The fraction of sp³-hybridized carbons (Fsp3) is 0.318. The van der Waals surface area contributed by atoms with E-state index in [0.717, 1.165) is 6.42 Å². The van der Waals surface area contributed by atoms with Gasteiger partial charge in [0.25, 0.3) is 0 Å². The second-order valence-corrected chi connectivity index (χ2v) is 9.29. The van der Waals surface area contributed by atoms with Gasteiger partial charge in [0.1, 0.15) is 6.54 Å². The van der Waals surface area contributed by atoms with E-state index in [4.69, 9.17) is 11.6 Å². The quantitative estimate of drug-likeness (QED) is 0.633. The second-order valence-electron chi connectivity index (χ2n) is 7.56. The molecule has 2 aliphatic rings. The van der Waals surface area contributed by atoms with Gasteiger partial charge in [-0.25, -0.2) is 9.69 Å². The maximum absolute atomic E-state index is 13.4. The van der Waals surface area contributed by atoms with E-state index in [0.29, 0.717) is 29.2 Å². The Morgan fingerprint density at radius 3 is 2.47 bits per heavy atom. The van der Waals surface area contributed by atoms with Crippen molar-refractivity contribution in [1.82, 2.24) is 4.90 Å². The molecule has 1 aliphatic carbocycles. The van der Waals surface area contributed by atoms with E-state index in [9.17, 15) is 14.4 Å². The standard InChI is InChI=1S/C22H21BrClN3O3/c23-14-6-11-19-18(12-14)21(29)27(17-9-7-15(24)8-10-17)22(30)26(19)13-20(28)25-16-4-2-1-3-5-16/h1-5,7-10,14,18-19H,6,11-13H2,(H,25,28). The normalized spacial score (nSPS) is 23.9. The number of hydrogen-bond donors (Lipinski definition) is 1. The Balaban J connectivity index is 1.61. The fourth-order valence-electron chi connectivity index (χ4n) is 4.16. The van der Waals surface area contributed by atoms with Crippen LogP contribution in [0.5, 0.6) is 0 Å². The number of carbonyl (C=O) groups is 3. The van der Waals surface area contributed by atoms with E-state index >= 15 is 0 Å². The molecule has 2 fully saturated rings. The third-order valence-electron chi connectivity index (χ3n) is 5.58. The summed E-state index contributed by atoms with van der Waals surface area (Å²) in [6.07, 6.45) is 2.14. The summed E-state index contributed by atoms with van der Waals surface area (Å²) in [5, 5.41) is 3.34. The molecule has 0 radical (unpaired) electrons. The Hall–Kier alpha value is -2.38. The van der Waals surface area contributed by atoms with Crippen molar-refractivity contribution < 1.29 is 14.4 Å². The first-order valence-electron chi connectivity index (χ1n) is 9.83. The number of halogens is 2. The van der Waals surface area contributed by atoms with E-state index < -0.39 is 6.03 Å². The predicted molar refractivity (Wildman–Crippen MR) is 120 cm³/mol. The third-order valence-corrected chi connectivity index (χ3v) is 6.66. The van der Waals surface area contributed by atoms with Gasteiger partial charge >= 0.3 is 6.03 Å². The summed E-state index contributed by atoms with van der Waals surface area (Å²) in [4.78, 5) is 42.2. The molecule has 2 aromatic carbocycles. The van der Waals surface area contributed by atoms with Crippen molar-refractivity contribution in [2.75, 3.05) is 16.8 Å². The summed E-state index contributed by atoms with van der Waals surface area (Å²) < 4.78 is 0. The van der Waals surface area contributed by atoms with Crippen LogP contribution in [0.3, 0.4) is 0 Å². The number of hydrogen-bond acceptors (Lipinski definition) is 3. The number of nitrogens with zero attached hydrogens (tertiary/aromatic N) is 2. The van der Waals surface area contributed by atoms with Crippen LogP contribution in [0.15, 0.2) is 54.6 Å². The summed E-state index contributed by atoms with van der Waals surface area (Å²) in [6.45, 7) is -0.112. The van der Waals surface area contributed by atoms with Crippen LogP contribution in [0.4, 0.5) is 16.2 Å². The molecule has 1 heterocycles. The van der Waals surface area contributed by atoms with E-state index in [2.05, 4.69) is 21.2 Å². The number of urea groups is 1. The van der Waals surface area contributed by atoms with Gasteiger partial charge in [-0.1, -0.05) is 45.7 Å². The van der Waals surface area contributed by atoms with Gasteiger partial charge in [-0.05, 0) is 55.7 Å². The molecule has 4 amide bonds. The van der Waals surface area contributed by atoms with Gasteiger partial charge in [-0.15, -0.1) is 0 Å². The minimum Gasteiger partial charge on any atom is -0.325 e. The lowest BCUT2D eigenvalue weighted by atomic mass is 9.81. The number of alkyl halides is 1. The summed E-state index contributed by atoms with van der Waals surface area (Å²) in [7, 11) is 0. The highest BCUT2D eigenvalue weighted by molar-refractivity contribution is 9.09. The van der Waals surface area contributed by atoms with Crippen LogP contribution >= 0.6 is 27.5 Å². The van der Waals surface area contributed by atoms with Crippen LogP contribution in [0.25, 0.3) is 0 Å². The van der Waals surface area contributed by atoms with E-state index in [1.165, 1.54) is 9.80 Å². The van der Waals surface area contributed by atoms with Crippen LogP contribution in [0, 0.1) is 5.92 Å². The molecule has 0 bridgehead atoms. The Labute approximate surface area is 188 Å². The van der Waals surface area contributed by atoms with Gasteiger partial charge in [-0.3, -0.25) is 9.59 Å². The maximum Gasteiger partial charge on any atom is 0.332 e. The molecular formula is C22H21BrClN3O3. The zero-order valence-electron chi connectivity index (χ0n) is 16.1. The van der Waals surface area contributed by atoms with Crippen molar-refractivity contribution in [3.8, 4) is 0 Å². The predicted octanol–water partition coefficient (Wildman–Crippen LogP) is 4.68. The molecule has 1 aliphatic heterocycles. The fourth-order valence-corrected chi connectivity index (χ4v) is 4.95. The van der Waals surface area contributed by atoms with Gasteiger partial charge in [0.05, 0.1) is 11.6 Å². The van der Waals surface area contributed by atoms with Gasteiger partial charge < -0.3 is 10.2 Å². The number of amides is 4. The highest BCUT2D eigenvalue weighted by Gasteiger charge is 2.49. The van der Waals surface area contributed by atoms with E-state index in [1.807, 2.05) is 18.2 Å². The van der Waals surface area contributed by atoms with Crippen LogP contribution in [0.1, 0.15) is 19.3 Å². The molecule has 1 N–H and O–H groups in total. The van der Waals surface area contributed by atoms with Crippen LogP contribution in [-0.4, -0.2) is 40.2 Å². The van der Waals surface area contributed by atoms with Gasteiger partial charge in [0, 0.05) is 21.6 Å². The van der Waals surface area contributed by atoms with Crippen molar-refractivity contribution in [2.45, 2.75) is 30.1 Å². The highest BCUT2D eigenvalue weighted by atomic mass is 79.9. The molecule has 1 saturated carbocycles. The second kappa shape index (κ2) is 8.78. The monoisotopic (exact) mass is 489 g/mol. The molecule has 0 aromatic heterocycles. The van der Waals surface area contributed by atoms with Crippen molar-refractivity contribution in [3.05, 3.63) is 59.6 Å². The summed E-state index contributed by atoms with van der Waals surface area (Å²) in [5.41, 5.74) is 1.12. The Kier molecular flexibility index (Phi) is 6.11. The number of imide groups is 1. The van der Waals surface area contributed by atoms with Gasteiger partial charge in [0.2, 0.25) is 11.8 Å². The molecule has 30 heavy (non-hydrogen) atoms. The molecule has 3 atom stereocenters. The van der Waals surface area contributed by atoms with Crippen LogP contribution in [-0.2, 0) is 9.59 Å². The molecule has 1 saturated heterocycles. The Bertz CT molecular complexity index is 954. The van der Waals surface area contributed by atoms with E-state index in [1.54, 1.807) is 36.4 Å². The summed E-state index contributed by atoms with van der Waals surface area (Å²) >= 11 is 9.59. The molecule has 8 heteroatoms. The number of carbonyl (C=O) groups excluding carboxylic acids is 3. The molecule has 0 spiro atoms. The first-order chi connectivity index (χ1) is 14.4. The maximum atomic E-state index is 13.4. The summed E-state index contributed by atoms with van der Waals surface area (Å²) in [5.74, 6) is -0.878. The lowest BCUT2D eigenvalue weighted by molar-refractivity contribution is -0.128. The van der Waals surface area contributed by atoms with E-state index in [-0.39, 0.29) is 35.1 Å². The topological polar surface area (TPSA) is 69.7 Å². The number of benzene rings is 2. The minimum atomic E-state index is -0.472. The molecule has 3 unspecified atom stereocenters. The average Bonchev–Trinajstić information content (AvgIpc) is 2.73. The first kappa shape index (κ1) is 20.9. The number of rotatable bonds is 4. The minimum absolute atomic E-state index is 0.112. The van der Waals surface area contributed by atoms with Crippen molar-refractivity contribution in [1.29, 1.82) is 0 Å². The largest absolute Gasteiger partial charge is 0.332 e. The molecule has 2 aromatic rings. The molecule has 6 nitrogen and oxygen atoms in total. The lowest BCUT2D eigenvalue weighted by Crippen LogP contribution is -2.64. The van der Waals surface area contributed by atoms with Crippen LogP contribution < -0.4 is 10.2 Å². The smallest absolute Gasteiger partial charge is 0.325 e. The molecule has 4 rings (SSSR count). The van der Waals surface area contributed by atoms with Crippen molar-refractivity contribution in [3.63, 3.8) is 0 Å². The van der Waals surface area contributed by atoms with Gasteiger partial charge in [-0.2, -0.15) is 0 Å². The lowest BCUT2D eigenvalue weighted by Gasteiger charge is -2.47. The van der Waals surface area contributed by atoms with Crippen molar-refractivity contribution >= 4 is 56.8 Å². The Morgan fingerprint density at radius 1 is 1.07 bits per heavy atom. The average molecular weight is 491 g/mol. The first-order valence-corrected chi connectivity index (χ1v) is 11.1. The van der Waals surface area contributed by atoms with Gasteiger partial charge in [0.15, 0.2) is 0 Å². The molecule has 156 valence electrons. The van der Waals surface area contributed by atoms with Crippen LogP contribution in [0.2, 0.25) is 5.02 Å².